The average molecular weight is 328 g/mol. The summed E-state index contributed by atoms with van der Waals surface area (Å²) >= 11 is 0. The van der Waals surface area contributed by atoms with Gasteiger partial charge in [-0.15, -0.1) is 0 Å². The van der Waals surface area contributed by atoms with E-state index in [-0.39, 0.29) is 35.4 Å². The maximum absolute atomic E-state index is 12.6. The van der Waals surface area contributed by atoms with Gasteiger partial charge in [0.05, 0.1) is 12.3 Å². The van der Waals surface area contributed by atoms with Crippen molar-refractivity contribution < 1.29 is 14.3 Å². The second-order valence-electron chi connectivity index (χ2n) is 7.60. The van der Waals surface area contributed by atoms with Crippen molar-refractivity contribution in [2.24, 2.45) is 17.3 Å². The van der Waals surface area contributed by atoms with E-state index in [1.165, 1.54) is 5.57 Å². The Hall–Kier alpha value is -1.90. The third-order valence-electron chi connectivity index (χ3n) is 5.08. The predicted octanol–water partition coefficient (Wildman–Crippen LogP) is 4.56. The van der Waals surface area contributed by atoms with E-state index in [0.29, 0.717) is 5.57 Å². The Kier molecular flexibility index (Phi) is 5.32. The van der Waals surface area contributed by atoms with Gasteiger partial charge in [-0.1, -0.05) is 49.8 Å². The van der Waals surface area contributed by atoms with Gasteiger partial charge in [-0.25, -0.2) is 0 Å². The largest absolute Gasteiger partial charge is 0.457 e. The summed E-state index contributed by atoms with van der Waals surface area (Å²) in [6.45, 7) is 12.1. The lowest BCUT2D eigenvalue weighted by Crippen LogP contribution is -2.20. The zero-order valence-corrected chi connectivity index (χ0v) is 15.6. The van der Waals surface area contributed by atoms with Gasteiger partial charge in [0, 0.05) is 5.57 Å². The molecule has 3 heteroatoms. The van der Waals surface area contributed by atoms with Crippen molar-refractivity contribution in [2.75, 3.05) is 0 Å². The molecule has 0 aromatic rings. The van der Waals surface area contributed by atoms with Crippen LogP contribution in [-0.2, 0) is 14.3 Å². The number of ketones is 1. The molecule has 1 saturated carbocycles. The van der Waals surface area contributed by atoms with E-state index in [9.17, 15) is 9.59 Å². The molecule has 24 heavy (non-hydrogen) atoms. The van der Waals surface area contributed by atoms with Gasteiger partial charge in [0.1, 0.15) is 6.10 Å². The van der Waals surface area contributed by atoms with Gasteiger partial charge < -0.3 is 4.74 Å². The Labute approximate surface area is 145 Å². The van der Waals surface area contributed by atoms with Gasteiger partial charge >= 0.3 is 5.97 Å². The lowest BCUT2D eigenvalue weighted by Gasteiger charge is -2.13. The number of esters is 1. The van der Waals surface area contributed by atoms with E-state index < -0.39 is 6.10 Å². The highest BCUT2D eigenvalue weighted by Crippen LogP contribution is 2.60. The number of hydrogen-bond donors (Lipinski definition) is 0. The molecule has 0 N–H and O–H groups in total. The highest BCUT2D eigenvalue weighted by atomic mass is 16.5. The maximum atomic E-state index is 12.6. The van der Waals surface area contributed by atoms with Gasteiger partial charge in [-0.3, -0.25) is 9.59 Å². The normalized spacial score (nSPS) is 28.8. The van der Waals surface area contributed by atoms with E-state index >= 15 is 0 Å². The zero-order valence-electron chi connectivity index (χ0n) is 15.6. The molecule has 0 spiro atoms. The first-order valence-electron chi connectivity index (χ1n) is 8.59. The number of allylic oxidation sites excluding steroid dienone is 7. The number of carbonyl (C=O) groups excluding carboxylic acids is 2. The minimum Gasteiger partial charge on any atom is -0.457 e. The monoisotopic (exact) mass is 328 g/mol. The molecule has 0 unspecified atom stereocenters. The minimum atomic E-state index is -0.418. The van der Waals surface area contributed by atoms with Gasteiger partial charge in [0.2, 0.25) is 0 Å². The maximum Gasteiger partial charge on any atom is 0.310 e. The Morgan fingerprint density at radius 1 is 1.25 bits per heavy atom. The van der Waals surface area contributed by atoms with Crippen molar-refractivity contribution in [3.8, 4) is 0 Å². The van der Waals surface area contributed by atoms with Crippen molar-refractivity contribution in [3.63, 3.8) is 0 Å². The predicted molar refractivity (Wildman–Crippen MR) is 96.4 cm³/mol. The number of ether oxygens (including phenoxy) is 1. The zero-order chi connectivity index (χ0) is 18.1. The third-order valence-corrected chi connectivity index (χ3v) is 5.08. The number of hydrogen-bond acceptors (Lipinski definition) is 3. The fraction of sp³-hybridized carbons (Fsp3) is 0.524. The Morgan fingerprint density at radius 2 is 1.92 bits per heavy atom. The molecule has 3 nitrogen and oxygen atoms in total. The molecular formula is C21H28O3. The molecule has 0 aromatic heterocycles. The second-order valence-corrected chi connectivity index (χ2v) is 7.60. The van der Waals surface area contributed by atoms with Crippen LogP contribution in [0.5, 0.6) is 0 Å². The summed E-state index contributed by atoms with van der Waals surface area (Å²) in [5.74, 6) is -0.0244. The molecule has 0 radical (unpaired) electrons. The molecule has 1 fully saturated rings. The molecule has 2 aliphatic rings. The molecule has 0 aliphatic heterocycles. The van der Waals surface area contributed by atoms with Crippen molar-refractivity contribution in [1.29, 1.82) is 0 Å². The van der Waals surface area contributed by atoms with E-state index in [1.54, 1.807) is 6.08 Å². The summed E-state index contributed by atoms with van der Waals surface area (Å²) in [6.07, 6.45) is 9.42. The summed E-state index contributed by atoms with van der Waals surface area (Å²) in [6, 6.07) is 0. The SMILES string of the molecule is C/C=C/C=C/C1=C(C)[C@@H](OC(=O)[C@@H]2[C@@H](C=C(C)C)C2(C)C)CC1=O. The molecule has 2 rings (SSSR count). The van der Waals surface area contributed by atoms with Crippen LogP contribution in [0.2, 0.25) is 0 Å². The fourth-order valence-electron chi connectivity index (χ4n) is 3.45. The fourth-order valence-corrected chi connectivity index (χ4v) is 3.45. The molecule has 0 bridgehead atoms. The molecular weight excluding hydrogens is 300 g/mol. The van der Waals surface area contributed by atoms with Crippen LogP contribution in [0.1, 0.15) is 48.0 Å². The highest BCUT2D eigenvalue weighted by molar-refractivity contribution is 6.02. The third kappa shape index (κ3) is 3.61. The average Bonchev–Trinajstić information content (AvgIpc) is 2.90. The van der Waals surface area contributed by atoms with Crippen molar-refractivity contribution >= 4 is 11.8 Å². The van der Waals surface area contributed by atoms with E-state index in [1.807, 2.05) is 45.9 Å². The van der Waals surface area contributed by atoms with Gasteiger partial charge in [-0.05, 0) is 44.6 Å². The van der Waals surface area contributed by atoms with Crippen LogP contribution in [0, 0.1) is 17.3 Å². The van der Waals surface area contributed by atoms with Crippen molar-refractivity contribution in [3.05, 3.63) is 47.1 Å². The van der Waals surface area contributed by atoms with Crippen LogP contribution in [-0.4, -0.2) is 17.9 Å². The van der Waals surface area contributed by atoms with E-state index in [4.69, 9.17) is 4.74 Å². The number of carbonyl (C=O) groups is 2. The van der Waals surface area contributed by atoms with Crippen LogP contribution in [0.3, 0.4) is 0 Å². The van der Waals surface area contributed by atoms with Crippen LogP contribution < -0.4 is 0 Å². The first-order valence-corrected chi connectivity index (χ1v) is 8.59. The van der Waals surface area contributed by atoms with E-state index in [2.05, 4.69) is 19.9 Å². The topological polar surface area (TPSA) is 43.4 Å². The van der Waals surface area contributed by atoms with Gasteiger partial charge in [-0.2, -0.15) is 0 Å². The number of Topliss-reactive ketones (excluding diaryl/α,β-unsaturated/α-hetero) is 1. The van der Waals surface area contributed by atoms with Crippen LogP contribution in [0.4, 0.5) is 0 Å². The quantitative estimate of drug-likeness (QED) is 0.422. The lowest BCUT2D eigenvalue weighted by molar-refractivity contribution is -0.150. The standard InChI is InChI=1S/C21H28O3/c1-7-8-9-10-15-14(4)18(12-17(15)22)24-20(23)19-16(11-13(2)3)21(19,5)6/h7-11,16,18-19H,12H2,1-6H3/b8-7+,10-9+/t16-,18+,19+/m1/s1. The number of rotatable bonds is 5. The highest BCUT2D eigenvalue weighted by Gasteiger charge is 2.61. The minimum absolute atomic E-state index is 0.0435. The Balaban J connectivity index is 2.08. The Morgan fingerprint density at radius 3 is 2.50 bits per heavy atom. The first-order chi connectivity index (χ1) is 11.2. The molecule has 0 aromatic carbocycles. The molecule has 0 heterocycles. The van der Waals surface area contributed by atoms with Gasteiger partial charge in [0.15, 0.2) is 5.78 Å². The lowest BCUT2D eigenvalue weighted by atomic mass is 10.1. The summed E-state index contributed by atoms with van der Waals surface area (Å²) in [4.78, 5) is 24.7. The van der Waals surface area contributed by atoms with Crippen LogP contribution in [0.25, 0.3) is 0 Å². The second kappa shape index (κ2) is 6.92. The molecule has 0 amide bonds. The summed E-state index contributed by atoms with van der Waals surface area (Å²) < 4.78 is 5.70. The molecule has 0 saturated heterocycles. The van der Waals surface area contributed by atoms with Gasteiger partial charge in [0.25, 0.3) is 0 Å². The van der Waals surface area contributed by atoms with E-state index in [0.717, 1.165) is 5.57 Å². The summed E-state index contributed by atoms with van der Waals surface area (Å²) in [5, 5.41) is 0. The first kappa shape index (κ1) is 18.4. The molecule has 2 aliphatic carbocycles. The molecule has 3 atom stereocenters. The summed E-state index contributed by atoms with van der Waals surface area (Å²) in [7, 11) is 0. The van der Waals surface area contributed by atoms with Crippen LogP contribution in [0.15, 0.2) is 47.1 Å². The van der Waals surface area contributed by atoms with Crippen molar-refractivity contribution in [2.45, 2.75) is 54.1 Å². The molecule has 130 valence electrons. The van der Waals surface area contributed by atoms with Crippen LogP contribution >= 0.6 is 0 Å². The smallest absolute Gasteiger partial charge is 0.310 e. The summed E-state index contributed by atoms with van der Waals surface area (Å²) in [5.41, 5.74) is 2.67. The Bertz CT molecular complexity index is 655. The van der Waals surface area contributed by atoms with Crippen molar-refractivity contribution in [1.82, 2.24) is 0 Å².